The van der Waals surface area contributed by atoms with Gasteiger partial charge in [-0.15, -0.1) is 6.58 Å². The SMILES string of the molecule is C=CCn1c(-c2sc(NC(=O)CCc3ncc(-c4ccccc4Cl)o3)nc2C)n[nH]c1=S. The second-order valence-electron chi connectivity index (χ2n) is 6.83. The molecule has 3 aromatic heterocycles. The third kappa shape index (κ3) is 4.72. The molecule has 11 heteroatoms. The molecule has 164 valence electrons. The van der Waals surface area contributed by atoms with Crippen LogP contribution in [0.1, 0.15) is 18.0 Å². The molecule has 0 fully saturated rings. The molecule has 32 heavy (non-hydrogen) atoms. The number of carbonyl (C=O) groups excluding carboxylic acids is 1. The van der Waals surface area contributed by atoms with Gasteiger partial charge in [-0.3, -0.25) is 14.5 Å². The minimum Gasteiger partial charge on any atom is -0.441 e. The summed E-state index contributed by atoms with van der Waals surface area (Å²) in [5.74, 6) is 1.51. The number of hydrogen-bond donors (Lipinski definition) is 2. The van der Waals surface area contributed by atoms with Crippen LogP contribution in [0.5, 0.6) is 0 Å². The molecule has 0 saturated heterocycles. The third-order valence-corrected chi connectivity index (χ3v) is 6.28. The second-order valence-corrected chi connectivity index (χ2v) is 8.62. The van der Waals surface area contributed by atoms with Crippen LogP contribution in [-0.2, 0) is 17.8 Å². The van der Waals surface area contributed by atoms with Gasteiger partial charge in [0.25, 0.3) is 0 Å². The zero-order chi connectivity index (χ0) is 22.7. The number of halogens is 1. The van der Waals surface area contributed by atoms with E-state index >= 15 is 0 Å². The van der Waals surface area contributed by atoms with Gasteiger partial charge in [0, 0.05) is 24.9 Å². The van der Waals surface area contributed by atoms with Gasteiger partial charge in [-0.05, 0) is 31.3 Å². The van der Waals surface area contributed by atoms with Crippen LogP contribution >= 0.6 is 35.2 Å². The summed E-state index contributed by atoms with van der Waals surface area (Å²) < 4.78 is 8.08. The summed E-state index contributed by atoms with van der Waals surface area (Å²) in [6.07, 6.45) is 3.91. The molecule has 1 amide bonds. The number of aromatic nitrogens is 5. The Bertz CT molecular complexity index is 1340. The van der Waals surface area contributed by atoms with Gasteiger partial charge < -0.3 is 9.73 Å². The van der Waals surface area contributed by atoms with Crippen molar-refractivity contribution in [3.63, 3.8) is 0 Å². The molecule has 3 heterocycles. The molecule has 0 atom stereocenters. The van der Waals surface area contributed by atoms with E-state index in [0.29, 0.717) is 45.4 Å². The van der Waals surface area contributed by atoms with Crippen molar-refractivity contribution in [3.8, 4) is 22.0 Å². The van der Waals surface area contributed by atoms with Crippen LogP contribution in [0.4, 0.5) is 5.13 Å². The summed E-state index contributed by atoms with van der Waals surface area (Å²) in [7, 11) is 0. The maximum Gasteiger partial charge on any atom is 0.226 e. The molecule has 2 N–H and O–H groups in total. The molecule has 0 unspecified atom stereocenters. The van der Waals surface area contributed by atoms with Crippen molar-refractivity contribution in [2.45, 2.75) is 26.3 Å². The van der Waals surface area contributed by atoms with Gasteiger partial charge in [0.05, 0.1) is 21.8 Å². The zero-order valence-electron chi connectivity index (χ0n) is 17.1. The minimum absolute atomic E-state index is 0.187. The van der Waals surface area contributed by atoms with E-state index in [9.17, 15) is 4.79 Å². The quantitative estimate of drug-likeness (QED) is 0.254. The summed E-state index contributed by atoms with van der Waals surface area (Å²) in [5.41, 5.74) is 1.51. The molecular formula is C21H19ClN6O2S2. The third-order valence-electron chi connectivity index (χ3n) is 4.57. The Balaban J connectivity index is 1.41. The van der Waals surface area contributed by atoms with Gasteiger partial charge in [0.1, 0.15) is 0 Å². The number of carbonyl (C=O) groups is 1. The highest BCUT2D eigenvalue weighted by Gasteiger charge is 2.18. The van der Waals surface area contributed by atoms with Gasteiger partial charge in [0.15, 0.2) is 27.4 Å². The molecule has 0 aliphatic rings. The van der Waals surface area contributed by atoms with Crippen LogP contribution in [0.25, 0.3) is 22.0 Å². The first-order valence-electron chi connectivity index (χ1n) is 9.69. The smallest absolute Gasteiger partial charge is 0.226 e. The van der Waals surface area contributed by atoms with Crippen LogP contribution in [-0.4, -0.2) is 30.6 Å². The fourth-order valence-corrected chi connectivity index (χ4v) is 4.48. The largest absolute Gasteiger partial charge is 0.441 e. The number of nitrogens with one attached hydrogen (secondary N) is 2. The summed E-state index contributed by atoms with van der Waals surface area (Å²) in [4.78, 5) is 22.0. The van der Waals surface area contributed by atoms with Crippen molar-refractivity contribution in [2.75, 3.05) is 5.32 Å². The lowest BCUT2D eigenvalue weighted by Crippen LogP contribution is -2.12. The summed E-state index contributed by atoms with van der Waals surface area (Å²) in [6, 6.07) is 7.36. The molecule has 0 aliphatic heterocycles. The first-order valence-corrected chi connectivity index (χ1v) is 11.3. The first-order chi connectivity index (χ1) is 15.5. The van der Waals surface area contributed by atoms with Crippen LogP contribution < -0.4 is 5.32 Å². The van der Waals surface area contributed by atoms with E-state index in [0.717, 1.165) is 16.1 Å². The zero-order valence-corrected chi connectivity index (χ0v) is 19.5. The predicted octanol–water partition coefficient (Wildman–Crippen LogP) is 5.44. The van der Waals surface area contributed by atoms with Crippen molar-refractivity contribution >= 4 is 46.2 Å². The van der Waals surface area contributed by atoms with Crippen LogP contribution in [0.15, 0.2) is 47.5 Å². The highest BCUT2D eigenvalue weighted by Crippen LogP contribution is 2.32. The number of aryl methyl sites for hydroxylation is 2. The van der Waals surface area contributed by atoms with Gasteiger partial charge in [-0.25, -0.2) is 9.97 Å². The van der Waals surface area contributed by atoms with E-state index < -0.39 is 0 Å². The van der Waals surface area contributed by atoms with Crippen molar-refractivity contribution in [1.29, 1.82) is 0 Å². The Hall–Kier alpha value is -3.08. The molecule has 0 radical (unpaired) electrons. The molecule has 0 spiro atoms. The molecule has 4 rings (SSSR count). The maximum atomic E-state index is 12.5. The number of oxazole rings is 1. The molecule has 0 saturated carbocycles. The summed E-state index contributed by atoms with van der Waals surface area (Å²) in [6.45, 7) is 6.13. The number of rotatable bonds is 8. The Morgan fingerprint density at radius 1 is 1.44 bits per heavy atom. The number of aromatic amines is 1. The Morgan fingerprint density at radius 3 is 3.03 bits per heavy atom. The second kappa shape index (κ2) is 9.60. The minimum atomic E-state index is -0.187. The van der Waals surface area contributed by atoms with Crippen molar-refractivity contribution in [3.05, 3.63) is 64.5 Å². The average Bonchev–Trinajstić information content (AvgIpc) is 3.47. The molecular weight excluding hydrogens is 468 g/mol. The fraction of sp³-hybridized carbons (Fsp3) is 0.190. The van der Waals surface area contributed by atoms with E-state index in [4.69, 9.17) is 28.2 Å². The number of amides is 1. The highest BCUT2D eigenvalue weighted by molar-refractivity contribution is 7.71. The molecule has 8 nitrogen and oxygen atoms in total. The summed E-state index contributed by atoms with van der Waals surface area (Å²) in [5, 5.41) is 11.0. The van der Waals surface area contributed by atoms with E-state index in [2.05, 4.69) is 32.1 Å². The Labute approximate surface area is 198 Å². The Morgan fingerprint density at radius 2 is 2.25 bits per heavy atom. The molecule has 1 aromatic carbocycles. The monoisotopic (exact) mass is 486 g/mol. The number of thiazole rings is 1. The van der Waals surface area contributed by atoms with Crippen molar-refractivity contribution in [2.24, 2.45) is 0 Å². The summed E-state index contributed by atoms with van der Waals surface area (Å²) >= 11 is 12.8. The number of hydrogen-bond acceptors (Lipinski definition) is 7. The van der Waals surface area contributed by atoms with Gasteiger partial charge in [0.2, 0.25) is 5.91 Å². The van der Waals surface area contributed by atoms with Gasteiger partial charge in [-0.1, -0.05) is 41.1 Å². The van der Waals surface area contributed by atoms with Crippen LogP contribution in [0.3, 0.4) is 0 Å². The average molecular weight is 487 g/mol. The van der Waals surface area contributed by atoms with E-state index in [1.807, 2.05) is 29.7 Å². The molecule has 0 aliphatic carbocycles. The number of anilines is 1. The maximum absolute atomic E-state index is 12.5. The predicted molar refractivity (Wildman–Crippen MR) is 127 cm³/mol. The number of benzene rings is 1. The van der Waals surface area contributed by atoms with E-state index in [1.165, 1.54) is 11.3 Å². The fourth-order valence-electron chi connectivity index (χ4n) is 3.06. The van der Waals surface area contributed by atoms with Crippen molar-refractivity contribution < 1.29 is 9.21 Å². The van der Waals surface area contributed by atoms with E-state index in [1.54, 1.807) is 18.3 Å². The molecule has 4 aromatic rings. The van der Waals surface area contributed by atoms with Crippen molar-refractivity contribution in [1.82, 2.24) is 24.7 Å². The lowest BCUT2D eigenvalue weighted by Gasteiger charge is -2.01. The van der Waals surface area contributed by atoms with Crippen LogP contribution in [0.2, 0.25) is 5.02 Å². The number of H-pyrrole nitrogens is 1. The molecule has 0 bridgehead atoms. The standard InChI is InChI=1S/C21H19ClN6O2S2/c1-3-10-28-19(26-27-21(28)31)18-12(2)24-20(32-18)25-16(29)8-9-17-23-11-15(30-17)13-6-4-5-7-14(13)22/h3-7,11H,1,8-10H2,2H3,(H,27,31)(H,24,25,29). The number of nitrogens with zero attached hydrogens (tertiary/aromatic N) is 4. The number of allylic oxidation sites excluding steroid dienone is 1. The normalized spacial score (nSPS) is 10.9. The Kier molecular flexibility index (Phi) is 6.63. The topological polar surface area (TPSA) is 102 Å². The van der Waals surface area contributed by atoms with Gasteiger partial charge >= 0.3 is 0 Å². The lowest BCUT2D eigenvalue weighted by molar-refractivity contribution is -0.116. The van der Waals surface area contributed by atoms with E-state index in [-0.39, 0.29) is 12.3 Å². The van der Waals surface area contributed by atoms with Gasteiger partial charge in [-0.2, -0.15) is 5.10 Å². The highest BCUT2D eigenvalue weighted by atomic mass is 35.5. The lowest BCUT2D eigenvalue weighted by atomic mass is 10.2. The first kappa shape index (κ1) is 22.1. The van der Waals surface area contributed by atoms with Crippen LogP contribution in [0, 0.1) is 11.7 Å².